The Morgan fingerprint density at radius 2 is 2.00 bits per heavy atom. The lowest BCUT2D eigenvalue weighted by Gasteiger charge is -2.08. The number of methoxy groups -OCH3 is 1. The second kappa shape index (κ2) is 6.40. The van der Waals surface area contributed by atoms with Crippen molar-refractivity contribution in [3.63, 3.8) is 0 Å². The SMILES string of the molecule is COc1ccc(COC[C@@H](O)CN)cc1. The lowest BCUT2D eigenvalue weighted by molar-refractivity contribution is 0.0329. The predicted molar refractivity (Wildman–Crippen MR) is 57.7 cm³/mol. The monoisotopic (exact) mass is 211 g/mol. The van der Waals surface area contributed by atoms with Gasteiger partial charge in [0.1, 0.15) is 5.75 Å². The molecule has 1 aromatic rings. The molecule has 4 heteroatoms. The first-order valence-corrected chi connectivity index (χ1v) is 4.85. The van der Waals surface area contributed by atoms with Crippen LogP contribution in [0.5, 0.6) is 5.75 Å². The molecule has 0 saturated carbocycles. The van der Waals surface area contributed by atoms with Gasteiger partial charge in [0.15, 0.2) is 0 Å². The van der Waals surface area contributed by atoms with Crippen LogP contribution in [0.2, 0.25) is 0 Å². The van der Waals surface area contributed by atoms with Gasteiger partial charge < -0.3 is 20.3 Å². The van der Waals surface area contributed by atoms with Gasteiger partial charge in [0.2, 0.25) is 0 Å². The molecule has 0 radical (unpaired) electrons. The van der Waals surface area contributed by atoms with E-state index in [9.17, 15) is 0 Å². The normalized spacial score (nSPS) is 12.5. The highest BCUT2D eigenvalue weighted by atomic mass is 16.5. The zero-order valence-corrected chi connectivity index (χ0v) is 8.85. The minimum atomic E-state index is -0.580. The molecule has 0 aliphatic carbocycles. The smallest absolute Gasteiger partial charge is 0.118 e. The van der Waals surface area contributed by atoms with E-state index < -0.39 is 6.10 Å². The van der Waals surface area contributed by atoms with Gasteiger partial charge in [0.25, 0.3) is 0 Å². The maximum Gasteiger partial charge on any atom is 0.118 e. The van der Waals surface area contributed by atoms with Crippen LogP contribution in [-0.2, 0) is 11.3 Å². The molecule has 0 amide bonds. The molecular formula is C11H17NO3. The third-order valence-electron chi connectivity index (χ3n) is 2.01. The molecular weight excluding hydrogens is 194 g/mol. The third-order valence-corrected chi connectivity index (χ3v) is 2.01. The molecule has 0 spiro atoms. The Labute approximate surface area is 89.6 Å². The zero-order valence-electron chi connectivity index (χ0n) is 8.85. The van der Waals surface area contributed by atoms with Crippen LogP contribution in [0.4, 0.5) is 0 Å². The number of aliphatic hydroxyl groups excluding tert-OH is 1. The van der Waals surface area contributed by atoms with E-state index in [1.165, 1.54) is 0 Å². The lowest BCUT2D eigenvalue weighted by Crippen LogP contribution is -2.24. The molecule has 4 nitrogen and oxygen atoms in total. The maximum absolute atomic E-state index is 9.15. The van der Waals surface area contributed by atoms with E-state index in [1.54, 1.807) is 7.11 Å². The number of rotatable bonds is 6. The van der Waals surface area contributed by atoms with Gasteiger partial charge in [-0.15, -0.1) is 0 Å². The van der Waals surface area contributed by atoms with E-state index in [-0.39, 0.29) is 13.2 Å². The van der Waals surface area contributed by atoms with Crippen molar-refractivity contribution in [2.45, 2.75) is 12.7 Å². The average molecular weight is 211 g/mol. The first-order chi connectivity index (χ1) is 7.26. The largest absolute Gasteiger partial charge is 0.497 e. The summed E-state index contributed by atoms with van der Waals surface area (Å²) < 4.78 is 10.3. The molecule has 0 heterocycles. The fourth-order valence-corrected chi connectivity index (χ4v) is 1.10. The Hall–Kier alpha value is -1.10. The van der Waals surface area contributed by atoms with E-state index in [1.807, 2.05) is 24.3 Å². The first-order valence-electron chi connectivity index (χ1n) is 4.85. The summed E-state index contributed by atoms with van der Waals surface area (Å²) in [5.74, 6) is 0.820. The second-order valence-electron chi connectivity index (χ2n) is 3.25. The predicted octanol–water partition coefficient (Wildman–Crippen LogP) is 0.531. The Morgan fingerprint density at radius 1 is 1.33 bits per heavy atom. The van der Waals surface area contributed by atoms with Crippen molar-refractivity contribution in [3.05, 3.63) is 29.8 Å². The molecule has 0 aromatic heterocycles. The molecule has 0 unspecified atom stereocenters. The fraction of sp³-hybridized carbons (Fsp3) is 0.455. The lowest BCUT2D eigenvalue weighted by atomic mass is 10.2. The molecule has 0 aliphatic heterocycles. The van der Waals surface area contributed by atoms with Gasteiger partial charge in [0, 0.05) is 6.54 Å². The summed E-state index contributed by atoms with van der Waals surface area (Å²) in [6.45, 7) is 0.964. The van der Waals surface area contributed by atoms with E-state index in [4.69, 9.17) is 20.3 Å². The minimum Gasteiger partial charge on any atom is -0.497 e. The van der Waals surface area contributed by atoms with Crippen LogP contribution in [0.3, 0.4) is 0 Å². The van der Waals surface area contributed by atoms with Gasteiger partial charge in [-0.1, -0.05) is 12.1 Å². The molecule has 0 saturated heterocycles. The summed E-state index contributed by atoms with van der Waals surface area (Å²) in [5, 5.41) is 9.15. The number of hydrogen-bond acceptors (Lipinski definition) is 4. The molecule has 1 atom stereocenters. The van der Waals surface area contributed by atoms with Crippen molar-refractivity contribution < 1.29 is 14.6 Å². The van der Waals surface area contributed by atoms with E-state index in [0.29, 0.717) is 6.61 Å². The van der Waals surface area contributed by atoms with E-state index in [0.717, 1.165) is 11.3 Å². The molecule has 0 fully saturated rings. The molecule has 0 aliphatic rings. The zero-order chi connectivity index (χ0) is 11.1. The number of ether oxygens (including phenoxy) is 2. The average Bonchev–Trinajstić information content (AvgIpc) is 2.29. The maximum atomic E-state index is 9.15. The van der Waals surface area contributed by atoms with Crippen LogP contribution < -0.4 is 10.5 Å². The first kappa shape index (κ1) is 12.0. The quantitative estimate of drug-likeness (QED) is 0.720. The molecule has 0 bridgehead atoms. The van der Waals surface area contributed by atoms with E-state index in [2.05, 4.69) is 0 Å². The summed E-state index contributed by atoms with van der Waals surface area (Å²) in [7, 11) is 1.63. The number of aliphatic hydroxyl groups is 1. The second-order valence-corrected chi connectivity index (χ2v) is 3.25. The van der Waals surface area contributed by atoms with Crippen LogP contribution in [0.25, 0.3) is 0 Å². The standard InChI is InChI=1S/C11H17NO3/c1-14-11-4-2-9(3-5-11)7-15-8-10(13)6-12/h2-5,10,13H,6-8,12H2,1H3/t10-/m0/s1. The Bertz CT molecular complexity index is 274. The fourth-order valence-electron chi connectivity index (χ4n) is 1.10. The minimum absolute atomic E-state index is 0.225. The van der Waals surface area contributed by atoms with Crippen molar-refractivity contribution in [1.29, 1.82) is 0 Å². The number of hydrogen-bond donors (Lipinski definition) is 2. The Morgan fingerprint density at radius 3 is 2.53 bits per heavy atom. The van der Waals surface area contributed by atoms with Crippen LogP contribution in [0, 0.1) is 0 Å². The Balaban J connectivity index is 2.31. The number of nitrogens with two attached hydrogens (primary N) is 1. The summed E-state index contributed by atoms with van der Waals surface area (Å²) in [4.78, 5) is 0. The van der Waals surface area contributed by atoms with Crippen molar-refractivity contribution >= 4 is 0 Å². The van der Waals surface area contributed by atoms with Crippen molar-refractivity contribution in [2.75, 3.05) is 20.3 Å². The van der Waals surface area contributed by atoms with Gasteiger partial charge in [-0.2, -0.15) is 0 Å². The number of benzene rings is 1. The molecule has 1 rings (SSSR count). The molecule has 3 N–H and O–H groups in total. The topological polar surface area (TPSA) is 64.7 Å². The summed E-state index contributed by atoms with van der Waals surface area (Å²) in [5.41, 5.74) is 6.28. The van der Waals surface area contributed by atoms with Crippen molar-refractivity contribution in [1.82, 2.24) is 0 Å². The van der Waals surface area contributed by atoms with Crippen LogP contribution in [0.1, 0.15) is 5.56 Å². The van der Waals surface area contributed by atoms with Crippen LogP contribution in [0.15, 0.2) is 24.3 Å². The summed E-state index contributed by atoms with van der Waals surface area (Å²) >= 11 is 0. The molecule has 1 aromatic carbocycles. The van der Waals surface area contributed by atoms with Crippen molar-refractivity contribution in [2.24, 2.45) is 5.73 Å². The van der Waals surface area contributed by atoms with Crippen LogP contribution >= 0.6 is 0 Å². The highest BCUT2D eigenvalue weighted by molar-refractivity contribution is 5.26. The summed E-state index contributed by atoms with van der Waals surface area (Å²) in [6.07, 6.45) is -0.580. The van der Waals surface area contributed by atoms with Gasteiger partial charge in [-0.3, -0.25) is 0 Å². The van der Waals surface area contributed by atoms with Gasteiger partial charge in [-0.25, -0.2) is 0 Å². The van der Waals surface area contributed by atoms with Crippen LogP contribution in [-0.4, -0.2) is 31.5 Å². The third kappa shape index (κ3) is 4.29. The van der Waals surface area contributed by atoms with Gasteiger partial charge >= 0.3 is 0 Å². The molecule has 84 valence electrons. The highest BCUT2D eigenvalue weighted by Crippen LogP contribution is 2.11. The van der Waals surface area contributed by atoms with Gasteiger partial charge in [-0.05, 0) is 17.7 Å². The van der Waals surface area contributed by atoms with Gasteiger partial charge in [0.05, 0.1) is 26.4 Å². The molecule has 15 heavy (non-hydrogen) atoms. The highest BCUT2D eigenvalue weighted by Gasteiger charge is 2.01. The van der Waals surface area contributed by atoms with Crippen molar-refractivity contribution in [3.8, 4) is 5.75 Å². The Kier molecular flexibility index (Phi) is 5.10. The van der Waals surface area contributed by atoms with E-state index >= 15 is 0 Å². The summed E-state index contributed by atoms with van der Waals surface area (Å²) in [6, 6.07) is 7.59.